The van der Waals surface area contributed by atoms with E-state index in [2.05, 4.69) is 27.8 Å². The van der Waals surface area contributed by atoms with Gasteiger partial charge in [0.15, 0.2) is 0 Å². The molecule has 1 aliphatic rings. The Morgan fingerprint density at radius 1 is 1.20 bits per heavy atom. The number of halogens is 3. The van der Waals surface area contributed by atoms with Gasteiger partial charge in [-0.2, -0.15) is 8.78 Å². The van der Waals surface area contributed by atoms with Crippen molar-refractivity contribution in [3.63, 3.8) is 0 Å². The summed E-state index contributed by atoms with van der Waals surface area (Å²) in [6.45, 7) is 4.79. The number of piperidine rings is 1. The first-order chi connectivity index (χ1) is 19.6. The van der Waals surface area contributed by atoms with Gasteiger partial charge >= 0.3 is 5.97 Å². The average Bonchev–Trinajstić information content (AvgIpc) is 2.99. The van der Waals surface area contributed by atoms with Crippen LogP contribution >= 0.6 is 20.7 Å². The Kier molecular flexibility index (Phi) is 10.2. The van der Waals surface area contributed by atoms with Gasteiger partial charge in [-0.3, -0.25) is 14.6 Å². The molecule has 0 spiro atoms. The van der Waals surface area contributed by atoms with Gasteiger partial charge in [0.1, 0.15) is 0 Å². The van der Waals surface area contributed by atoms with E-state index in [9.17, 15) is 23.5 Å². The lowest BCUT2D eigenvalue weighted by atomic mass is 9.94. The standard InChI is InChI=1S/C32H36F2IN3O3/c1-4-22-7-14-28(36-19-22)24-10-13-27(21(2)18-24)29(15-16-32(33,34)35-3)37-26-11-8-23(9-12-26)30(39)38-17-5-6-25(20-38)31(40)41/h7-14,18-19,25,29,37H,3-6,15-17,20H2,1-2H3,(H,40,41)/t25-,29?/m1/s1. The molecule has 2 heterocycles. The molecule has 41 heavy (non-hydrogen) atoms. The third kappa shape index (κ3) is 7.96. The second-order valence-electron chi connectivity index (χ2n) is 10.5. The molecule has 0 saturated carbocycles. The summed E-state index contributed by atoms with van der Waals surface area (Å²) in [5.41, 5.74) is 6.05. The number of rotatable bonds is 11. The summed E-state index contributed by atoms with van der Waals surface area (Å²) in [5.74, 6) is -1.63. The van der Waals surface area contributed by atoms with E-state index < -0.39 is 36.5 Å². The molecule has 6 nitrogen and oxygen atoms in total. The number of hydrogen-bond acceptors (Lipinski definition) is 4. The van der Waals surface area contributed by atoms with Crippen molar-refractivity contribution in [3.05, 3.63) is 83.0 Å². The van der Waals surface area contributed by atoms with Crippen molar-refractivity contribution in [2.45, 2.75) is 55.9 Å². The van der Waals surface area contributed by atoms with Crippen LogP contribution in [0.3, 0.4) is 0 Å². The number of nitrogens with zero attached hydrogens (tertiary/aromatic N) is 2. The molecule has 0 bridgehead atoms. The van der Waals surface area contributed by atoms with Crippen LogP contribution in [0.2, 0.25) is 0 Å². The highest BCUT2D eigenvalue weighted by atomic mass is 127. The first kappa shape index (κ1) is 30.7. The van der Waals surface area contributed by atoms with E-state index in [4.69, 9.17) is 0 Å². The van der Waals surface area contributed by atoms with E-state index in [-0.39, 0.29) is 31.3 Å². The number of amides is 1. The summed E-state index contributed by atoms with van der Waals surface area (Å²) in [4.78, 5) is 30.6. The van der Waals surface area contributed by atoms with Crippen LogP contribution in [0.15, 0.2) is 60.8 Å². The van der Waals surface area contributed by atoms with Crippen LogP contribution in [0.1, 0.15) is 65.7 Å². The van der Waals surface area contributed by atoms with Crippen molar-refractivity contribution in [2.75, 3.05) is 18.4 Å². The molecule has 3 aromatic rings. The zero-order valence-electron chi connectivity index (χ0n) is 23.4. The number of hydrogen-bond donors (Lipinski definition) is 2. The molecule has 1 aliphatic heterocycles. The van der Waals surface area contributed by atoms with Gasteiger partial charge in [0.25, 0.3) is 9.84 Å². The highest BCUT2D eigenvalue weighted by Gasteiger charge is 2.29. The molecular formula is C32H36F2IN3O3. The van der Waals surface area contributed by atoms with E-state index >= 15 is 0 Å². The van der Waals surface area contributed by atoms with Gasteiger partial charge in [0, 0.05) is 42.5 Å². The van der Waals surface area contributed by atoms with Gasteiger partial charge in [0.2, 0.25) is 0 Å². The first-order valence-electron chi connectivity index (χ1n) is 13.8. The Morgan fingerprint density at radius 2 is 1.95 bits per heavy atom. The molecule has 2 aromatic carbocycles. The van der Waals surface area contributed by atoms with Gasteiger partial charge in [-0.1, -0.05) is 50.4 Å². The number of nitrogens with one attached hydrogen (secondary N) is 1. The maximum Gasteiger partial charge on any atom is 0.308 e. The predicted octanol–water partition coefficient (Wildman–Crippen LogP) is 7.49. The minimum atomic E-state index is -2.75. The van der Waals surface area contributed by atoms with Crippen LogP contribution < -0.4 is 5.32 Å². The van der Waals surface area contributed by atoms with Crippen molar-refractivity contribution in [3.8, 4) is 11.3 Å². The van der Waals surface area contributed by atoms with E-state index in [0.29, 0.717) is 30.6 Å². The maximum atomic E-state index is 14.3. The van der Waals surface area contributed by atoms with Crippen molar-refractivity contribution in [1.82, 2.24) is 9.88 Å². The molecule has 9 heteroatoms. The second kappa shape index (κ2) is 13.6. The number of aliphatic carboxylic acids is 1. The first-order valence-corrected chi connectivity index (χ1v) is 16.4. The van der Waals surface area contributed by atoms with Crippen molar-refractivity contribution in [1.29, 1.82) is 0 Å². The molecule has 4 rings (SSSR count). The zero-order chi connectivity index (χ0) is 29.6. The number of aryl methyl sites for hydroxylation is 2. The minimum absolute atomic E-state index is 0.201. The van der Waals surface area contributed by atoms with E-state index in [1.165, 1.54) is 0 Å². The average molecular weight is 676 g/mol. The number of carboxylic acid groups (broad SMARTS) is 1. The highest BCUT2D eigenvalue weighted by molar-refractivity contribution is 14.2. The van der Waals surface area contributed by atoms with Crippen LogP contribution in [0, 0.1) is 12.8 Å². The quantitative estimate of drug-likeness (QED) is 0.163. The Hall–Kier alpha value is -3.21. The summed E-state index contributed by atoms with van der Waals surface area (Å²) < 4.78 is 29.3. The van der Waals surface area contributed by atoms with Gasteiger partial charge in [-0.05, 0) is 85.7 Å². The predicted molar refractivity (Wildman–Crippen MR) is 168 cm³/mol. The SMILES string of the molecule is C=IC(F)(F)CCC(Nc1ccc(C(=O)N2CCC[C@@H](C(=O)O)C2)cc1)c1ccc(-c2ccc(CC)cn2)cc1C. The number of anilines is 1. The fourth-order valence-corrected chi connectivity index (χ4v) is 5.86. The van der Waals surface area contributed by atoms with Crippen LogP contribution in [-0.2, 0) is 11.2 Å². The smallest absolute Gasteiger partial charge is 0.308 e. The largest absolute Gasteiger partial charge is 0.481 e. The Labute approximate surface area is 249 Å². The zero-order valence-corrected chi connectivity index (χ0v) is 25.5. The number of alkyl halides is 3. The molecule has 1 unspecified atom stereocenters. The normalized spacial score (nSPS) is 16.3. The summed E-state index contributed by atoms with van der Waals surface area (Å²) in [6.07, 6.45) is 3.97. The summed E-state index contributed by atoms with van der Waals surface area (Å²) >= 11 is -1.47. The lowest BCUT2D eigenvalue weighted by molar-refractivity contribution is -0.143. The topological polar surface area (TPSA) is 82.5 Å². The second-order valence-corrected chi connectivity index (χ2v) is 12.8. The fraction of sp³-hybridized carbons (Fsp3) is 0.375. The Bertz CT molecular complexity index is 1380. The van der Waals surface area contributed by atoms with Gasteiger partial charge in [-0.25, -0.2) is 0 Å². The molecular weight excluding hydrogens is 639 g/mol. The lowest BCUT2D eigenvalue weighted by Crippen LogP contribution is -2.42. The van der Waals surface area contributed by atoms with E-state index in [0.717, 1.165) is 34.4 Å². The number of carboxylic acids is 1. The summed E-state index contributed by atoms with van der Waals surface area (Å²) in [6, 6.07) is 16.6. The molecule has 1 amide bonds. The monoisotopic (exact) mass is 675 g/mol. The lowest BCUT2D eigenvalue weighted by Gasteiger charge is -2.30. The van der Waals surface area contributed by atoms with Crippen LogP contribution in [0.25, 0.3) is 11.3 Å². The third-order valence-corrected chi connectivity index (χ3v) is 9.27. The molecule has 0 aliphatic carbocycles. The van der Waals surface area contributed by atoms with Crippen LogP contribution in [0.4, 0.5) is 14.5 Å². The third-order valence-electron chi connectivity index (χ3n) is 7.62. The molecule has 1 fully saturated rings. The molecule has 2 N–H and O–H groups in total. The van der Waals surface area contributed by atoms with Gasteiger partial charge in [0.05, 0.1) is 17.7 Å². The van der Waals surface area contributed by atoms with Crippen molar-refractivity contribution >= 4 is 42.8 Å². The van der Waals surface area contributed by atoms with Crippen molar-refractivity contribution < 1.29 is 23.5 Å². The number of carbonyl (C=O) groups is 2. The van der Waals surface area contributed by atoms with Crippen molar-refractivity contribution in [2.24, 2.45) is 5.92 Å². The van der Waals surface area contributed by atoms with Gasteiger partial charge in [-0.15, -0.1) is 0 Å². The van der Waals surface area contributed by atoms with Crippen LogP contribution in [-0.4, -0.2) is 48.4 Å². The number of carbonyl (C=O) groups excluding carboxylic acids is 1. The van der Waals surface area contributed by atoms with E-state index in [1.807, 2.05) is 37.4 Å². The summed E-state index contributed by atoms with van der Waals surface area (Å²) in [5, 5.41) is 12.8. The van der Waals surface area contributed by atoms with E-state index in [1.54, 1.807) is 29.2 Å². The molecule has 0 radical (unpaired) electrons. The van der Waals surface area contributed by atoms with Gasteiger partial charge < -0.3 is 15.3 Å². The number of pyridine rings is 1. The molecule has 2 atom stereocenters. The Balaban J connectivity index is 1.53. The number of aromatic nitrogens is 1. The maximum absolute atomic E-state index is 14.3. The Morgan fingerprint density at radius 3 is 2.56 bits per heavy atom. The highest BCUT2D eigenvalue weighted by Crippen LogP contribution is 2.37. The molecule has 1 aromatic heterocycles. The minimum Gasteiger partial charge on any atom is -0.481 e. The molecule has 1 saturated heterocycles. The van der Waals surface area contributed by atoms with Crippen LogP contribution in [0.5, 0.6) is 0 Å². The number of likely N-dealkylation sites (tertiary alicyclic amines) is 1. The molecule has 218 valence electrons. The number of benzene rings is 2. The summed E-state index contributed by atoms with van der Waals surface area (Å²) in [7, 11) is 0. The fourth-order valence-electron chi connectivity index (χ4n) is 5.17.